The molecular formula is C21H21ClN2O2. The number of H-pyrrole nitrogens is 1. The zero-order valence-electron chi connectivity index (χ0n) is 14.9. The van der Waals surface area contributed by atoms with E-state index in [1.54, 1.807) is 29.2 Å². The zero-order valence-corrected chi connectivity index (χ0v) is 15.6. The highest BCUT2D eigenvalue weighted by molar-refractivity contribution is 6.30. The maximum absolute atomic E-state index is 12.8. The van der Waals surface area contributed by atoms with Crippen LogP contribution in [0.5, 0.6) is 0 Å². The van der Waals surface area contributed by atoms with Crippen LogP contribution in [0.4, 0.5) is 0 Å². The standard InChI is InChI=1S/C21H21ClN2O2/c1-3-10-24(21(26)15-6-8-18(22)9-7-15)13-17-12-16-5-4-14(2)11-19(16)23-20(17)25/h4-9,11-12H,3,10,13H2,1-2H3,(H,23,25). The second kappa shape index (κ2) is 7.75. The number of nitrogens with one attached hydrogen (secondary N) is 1. The second-order valence-corrected chi connectivity index (χ2v) is 6.88. The molecule has 0 fully saturated rings. The molecular weight excluding hydrogens is 348 g/mol. The molecule has 0 atom stereocenters. The van der Waals surface area contributed by atoms with Crippen LogP contribution in [0.1, 0.15) is 34.8 Å². The van der Waals surface area contributed by atoms with Gasteiger partial charge in [0.2, 0.25) is 0 Å². The van der Waals surface area contributed by atoms with Crippen molar-refractivity contribution in [3.8, 4) is 0 Å². The largest absolute Gasteiger partial charge is 0.334 e. The molecule has 0 unspecified atom stereocenters. The molecule has 0 radical (unpaired) electrons. The van der Waals surface area contributed by atoms with Gasteiger partial charge in [-0.15, -0.1) is 0 Å². The molecule has 1 N–H and O–H groups in total. The number of hydrogen-bond acceptors (Lipinski definition) is 2. The van der Waals surface area contributed by atoms with Crippen molar-refractivity contribution in [1.82, 2.24) is 9.88 Å². The summed E-state index contributed by atoms with van der Waals surface area (Å²) in [5.74, 6) is -0.105. The monoisotopic (exact) mass is 368 g/mol. The maximum Gasteiger partial charge on any atom is 0.254 e. The van der Waals surface area contributed by atoms with Gasteiger partial charge in [-0.25, -0.2) is 0 Å². The number of hydrogen-bond donors (Lipinski definition) is 1. The number of aromatic nitrogens is 1. The van der Waals surface area contributed by atoms with Crippen molar-refractivity contribution in [3.63, 3.8) is 0 Å². The van der Waals surface area contributed by atoms with Crippen molar-refractivity contribution in [2.45, 2.75) is 26.8 Å². The summed E-state index contributed by atoms with van der Waals surface area (Å²) in [6, 6.07) is 14.6. The summed E-state index contributed by atoms with van der Waals surface area (Å²) in [5, 5.41) is 1.55. The number of nitrogens with zero attached hydrogens (tertiary/aromatic N) is 1. The molecule has 0 aliphatic rings. The Morgan fingerprint density at radius 1 is 1.12 bits per heavy atom. The Labute approximate surface area is 157 Å². The van der Waals surface area contributed by atoms with Crippen LogP contribution in [0.3, 0.4) is 0 Å². The third-order valence-electron chi connectivity index (χ3n) is 4.31. The van der Waals surface area contributed by atoms with Gasteiger partial charge in [0.05, 0.1) is 6.54 Å². The van der Waals surface area contributed by atoms with Gasteiger partial charge >= 0.3 is 0 Å². The van der Waals surface area contributed by atoms with E-state index in [2.05, 4.69) is 4.98 Å². The first-order chi connectivity index (χ1) is 12.5. The average Bonchev–Trinajstić information content (AvgIpc) is 2.62. The minimum Gasteiger partial charge on any atom is -0.334 e. The fourth-order valence-electron chi connectivity index (χ4n) is 2.98. The Kier molecular flexibility index (Phi) is 5.43. The number of halogens is 1. The van der Waals surface area contributed by atoms with Crippen molar-refractivity contribution < 1.29 is 4.79 Å². The van der Waals surface area contributed by atoms with Gasteiger partial charge in [-0.2, -0.15) is 0 Å². The molecule has 0 aliphatic carbocycles. The molecule has 134 valence electrons. The average molecular weight is 369 g/mol. The van der Waals surface area contributed by atoms with E-state index in [0.717, 1.165) is 22.9 Å². The van der Waals surface area contributed by atoms with Gasteiger partial charge in [0, 0.05) is 28.2 Å². The second-order valence-electron chi connectivity index (χ2n) is 6.45. The summed E-state index contributed by atoms with van der Waals surface area (Å²) < 4.78 is 0. The number of amides is 1. The fourth-order valence-corrected chi connectivity index (χ4v) is 3.11. The molecule has 1 amide bonds. The lowest BCUT2D eigenvalue weighted by atomic mass is 10.1. The smallest absolute Gasteiger partial charge is 0.254 e. The Morgan fingerprint density at radius 2 is 1.85 bits per heavy atom. The summed E-state index contributed by atoms with van der Waals surface area (Å²) in [4.78, 5) is 29.9. The predicted molar refractivity (Wildman–Crippen MR) is 106 cm³/mol. The molecule has 0 saturated heterocycles. The molecule has 3 rings (SSSR count). The van der Waals surface area contributed by atoms with Gasteiger partial charge in [-0.05, 0) is 60.7 Å². The summed E-state index contributed by atoms with van der Waals surface area (Å²) in [6.07, 6.45) is 0.810. The minimum absolute atomic E-state index is 0.105. The van der Waals surface area contributed by atoms with Crippen LogP contribution in [0.15, 0.2) is 53.3 Å². The molecule has 2 aromatic carbocycles. The van der Waals surface area contributed by atoms with E-state index < -0.39 is 0 Å². The molecule has 4 nitrogen and oxygen atoms in total. The Bertz CT molecular complexity index is 993. The van der Waals surface area contributed by atoms with Gasteiger partial charge in [0.1, 0.15) is 0 Å². The lowest BCUT2D eigenvalue weighted by Crippen LogP contribution is -2.33. The lowest BCUT2D eigenvalue weighted by Gasteiger charge is -2.22. The Hall–Kier alpha value is -2.59. The summed E-state index contributed by atoms with van der Waals surface area (Å²) in [5.41, 5.74) is 2.89. The predicted octanol–water partition coefficient (Wildman–Crippen LogP) is 4.54. The van der Waals surface area contributed by atoms with E-state index >= 15 is 0 Å². The van der Waals surface area contributed by atoms with E-state index in [1.807, 2.05) is 38.1 Å². The number of aryl methyl sites for hydroxylation is 1. The Balaban J connectivity index is 1.92. The zero-order chi connectivity index (χ0) is 18.7. The van der Waals surface area contributed by atoms with Crippen LogP contribution in [-0.4, -0.2) is 22.3 Å². The molecule has 1 heterocycles. The van der Waals surface area contributed by atoms with Gasteiger partial charge in [0.15, 0.2) is 0 Å². The number of aromatic amines is 1. The van der Waals surface area contributed by atoms with E-state index in [4.69, 9.17) is 11.6 Å². The molecule has 0 aliphatic heterocycles. The van der Waals surface area contributed by atoms with Gasteiger partial charge in [0.25, 0.3) is 11.5 Å². The van der Waals surface area contributed by atoms with Crippen LogP contribution in [0.25, 0.3) is 10.9 Å². The SMILES string of the molecule is CCCN(Cc1cc2ccc(C)cc2[nH]c1=O)C(=O)c1ccc(Cl)cc1. The normalized spacial score (nSPS) is 10.9. The lowest BCUT2D eigenvalue weighted by molar-refractivity contribution is 0.0742. The van der Waals surface area contributed by atoms with Crippen molar-refractivity contribution in [2.24, 2.45) is 0 Å². The van der Waals surface area contributed by atoms with Crippen LogP contribution < -0.4 is 5.56 Å². The third kappa shape index (κ3) is 3.97. The maximum atomic E-state index is 12.8. The summed E-state index contributed by atoms with van der Waals surface area (Å²) >= 11 is 5.90. The first-order valence-electron chi connectivity index (χ1n) is 8.65. The number of carbonyl (C=O) groups is 1. The first kappa shape index (κ1) is 18.2. The topological polar surface area (TPSA) is 53.2 Å². The number of carbonyl (C=O) groups excluding carboxylic acids is 1. The summed E-state index contributed by atoms with van der Waals surface area (Å²) in [7, 11) is 0. The fraction of sp³-hybridized carbons (Fsp3) is 0.238. The molecule has 0 saturated carbocycles. The van der Waals surface area contributed by atoms with Crippen LogP contribution in [-0.2, 0) is 6.54 Å². The van der Waals surface area contributed by atoms with E-state index in [1.165, 1.54) is 0 Å². The van der Waals surface area contributed by atoms with E-state index in [-0.39, 0.29) is 18.0 Å². The molecule has 26 heavy (non-hydrogen) atoms. The molecule has 1 aromatic heterocycles. The van der Waals surface area contributed by atoms with Crippen LogP contribution in [0, 0.1) is 6.92 Å². The van der Waals surface area contributed by atoms with Crippen molar-refractivity contribution in [3.05, 3.63) is 80.6 Å². The van der Waals surface area contributed by atoms with Gasteiger partial charge < -0.3 is 9.88 Å². The third-order valence-corrected chi connectivity index (χ3v) is 4.56. The van der Waals surface area contributed by atoms with Crippen molar-refractivity contribution >= 4 is 28.4 Å². The molecule has 0 bridgehead atoms. The van der Waals surface area contributed by atoms with Gasteiger partial charge in [-0.3, -0.25) is 9.59 Å². The Morgan fingerprint density at radius 3 is 2.54 bits per heavy atom. The van der Waals surface area contributed by atoms with Crippen molar-refractivity contribution in [1.29, 1.82) is 0 Å². The number of pyridine rings is 1. The van der Waals surface area contributed by atoms with E-state index in [9.17, 15) is 9.59 Å². The quantitative estimate of drug-likeness (QED) is 0.718. The highest BCUT2D eigenvalue weighted by Crippen LogP contribution is 2.16. The molecule has 5 heteroatoms. The van der Waals surface area contributed by atoms with Gasteiger partial charge in [-0.1, -0.05) is 30.7 Å². The number of fused-ring (bicyclic) bond motifs is 1. The first-order valence-corrected chi connectivity index (χ1v) is 9.03. The number of benzene rings is 2. The van der Waals surface area contributed by atoms with Crippen LogP contribution >= 0.6 is 11.6 Å². The summed E-state index contributed by atoms with van der Waals surface area (Å²) in [6.45, 7) is 4.84. The van der Waals surface area contributed by atoms with Crippen LogP contribution in [0.2, 0.25) is 5.02 Å². The minimum atomic E-state index is -0.159. The van der Waals surface area contributed by atoms with E-state index in [0.29, 0.717) is 22.7 Å². The number of rotatable bonds is 5. The molecule has 3 aromatic rings. The molecule has 0 spiro atoms. The highest BCUT2D eigenvalue weighted by Gasteiger charge is 2.17. The van der Waals surface area contributed by atoms with Crippen molar-refractivity contribution in [2.75, 3.05) is 6.54 Å². The highest BCUT2D eigenvalue weighted by atomic mass is 35.5.